The Hall–Kier alpha value is -1.27. The second-order valence-corrected chi connectivity index (χ2v) is 7.85. The highest BCUT2D eigenvalue weighted by molar-refractivity contribution is 5.87. The van der Waals surface area contributed by atoms with Crippen LogP contribution in [0, 0.1) is 17.2 Å². The molecule has 0 amide bonds. The molecule has 26 heavy (non-hydrogen) atoms. The van der Waals surface area contributed by atoms with E-state index in [1.165, 1.54) is 5.56 Å². The van der Waals surface area contributed by atoms with Gasteiger partial charge in [-0.1, -0.05) is 37.3 Å². The maximum Gasteiger partial charge on any atom is 0.0652 e. The van der Waals surface area contributed by atoms with Crippen molar-refractivity contribution in [2.45, 2.75) is 38.5 Å². The average molecular weight is 362 g/mol. The van der Waals surface area contributed by atoms with E-state index in [1.807, 2.05) is 20.2 Å². The van der Waals surface area contributed by atoms with Gasteiger partial charge < -0.3 is 25.1 Å². The van der Waals surface area contributed by atoms with Gasteiger partial charge in [-0.25, -0.2) is 0 Å². The monoisotopic (exact) mass is 361 g/mol. The fourth-order valence-corrected chi connectivity index (χ4v) is 4.14. The van der Waals surface area contributed by atoms with Gasteiger partial charge in [0.05, 0.1) is 18.2 Å². The normalized spacial score (nSPS) is 29.5. The van der Waals surface area contributed by atoms with Gasteiger partial charge >= 0.3 is 0 Å². The molecule has 0 bridgehead atoms. The van der Waals surface area contributed by atoms with Crippen molar-refractivity contribution in [3.63, 3.8) is 0 Å². The van der Waals surface area contributed by atoms with Gasteiger partial charge in [0.1, 0.15) is 0 Å². The SMILES string of the molecule is COCC1(NCc2ccccc2)CCO[C@@H](C)[C@@H](C)[C@@H]1C(=N)CN(C)C. The smallest absolute Gasteiger partial charge is 0.0652 e. The Morgan fingerprint density at radius 1 is 1.31 bits per heavy atom. The van der Waals surface area contributed by atoms with E-state index in [1.54, 1.807) is 7.11 Å². The Kier molecular flexibility index (Phi) is 7.77. The number of nitrogens with one attached hydrogen (secondary N) is 2. The van der Waals surface area contributed by atoms with E-state index in [-0.39, 0.29) is 23.5 Å². The molecule has 5 nitrogen and oxygen atoms in total. The standard InChI is InChI=1S/C21H35N3O2/c1-16-17(2)26-12-11-21(15-25-5,20(16)19(22)14-24(3)4)23-13-18-9-7-6-8-10-18/h6-10,16-17,20,22-23H,11-15H2,1-5H3/t16-,17+,20-,21?/m1/s1. The van der Waals surface area contributed by atoms with E-state index in [4.69, 9.17) is 14.9 Å². The summed E-state index contributed by atoms with van der Waals surface area (Å²) in [6.07, 6.45) is 0.961. The molecule has 1 aromatic carbocycles. The molecular formula is C21H35N3O2. The summed E-state index contributed by atoms with van der Waals surface area (Å²) in [7, 11) is 5.79. The highest BCUT2D eigenvalue weighted by Crippen LogP contribution is 2.36. The van der Waals surface area contributed by atoms with Crippen LogP contribution in [0.15, 0.2) is 30.3 Å². The molecule has 146 valence electrons. The molecule has 1 aliphatic heterocycles. The molecular weight excluding hydrogens is 326 g/mol. The highest BCUT2D eigenvalue weighted by atomic mass is 16.5. The van der Waals surface area contributed by atoms with Crippen molar-refractivity contribution < 1.29 is 9.47 Å². The third kappa shape index (κ3) is 5.13. The first kappa shape index (κ1) is 21.0. The molecule has 0 saturated carbocycles. The van der Waals surface area contributed by atoms with Gasteiger partial charge in [-0.05, 0) is 38.9 Å². The average Bonchev–Trinajstić information content (AvgIpc) is 2.71. The maximum atomic E-state index is 8.86. The van der Waals surface area contributed by atoms with Gasteiger partial charge in [-0.15, -0.1) is 0 Å². The number of benzene rings is 1. The molecule has 0 spiro atoms. The van der Waals surface area contributed by atoms with Gasteiger partial charge in [0.15, 0.2) is 0 Å². The molecule has 0 radical (unpaired) electrons. The maximum absolute atomic E-state index is 8.86. The molecule has 1 aromatic rings. The van der Waals surface area contributed by atoms with Crippen LogP contribution in [0.5, 0.6) is 0 Å². The van der Waals surface area contributed by atoms with E-state index in [2.05, 4.69) is 48.3 Å². The van der Waals surface area contributed by atoms with E-state index < -0.39 is 0 Å². The molecule has 4 atom stereocenters. The van der Waals surface area contributed by atoms with Crippen LogP contribution >= 0.6 is 0 Å². The second kappa shape index (κ2) is 9.60. The summed E-state index contributed by atoms with van der Waals surface area (Å²) in [6, 6.07) is 10.4. The molecule has 2 rings (SSSR count). The van der Waals surface area contributed by atoms with Gasteiger partial charge in [0.2, 0.25) is 0 Å². The van der Waals surface area contributed by atoms with Crippen LogP contribution in [0.1, 0.15) is 25.8 Å². The van der Waals surface area contributed by atoms with E-state index in [0.29, 0.717) is 19.8 Å². The van der Waals surface area contributed by atoms with Crippen molar-refractivity contribution in [3.8, 4) is 0 Å². The Morgan fingerprint density at radius 3 is 2.62 bits per heavy atom. The number of hydrogen-bond donors (Lipinski definition) is 2. The summed E-state index contributed by atoms with van der Waals surface area (Å²) in [5, 5.41) is 12.6. The predicted molar refractivity (Wildman–Crippen MR) is 107 cm³/mol. The quantitative estimate of drug-likeness (QED) is 0.699. The van der Waals surface area contributed by atoms with Crippen molar-refractivity contribution in [1.29, 1.82) is 5.41 Å². The third-order valence-electron chi connectivity index (χ3n) is 5.54. The number of rotatable bonds is 8. The lowest BCUT2D eigenvalue weighted by molar-refractivity contribution is 0.0390. The zero-order valence-electron chi connectivity index (χ0n) is 16.9. The first-order valence-corrected chi connectivity index (χ1v) is 9.51. The fourth-order valence-electron chi connectivity index (χ4n) is 4.14. The molecule has 1 fully saturated rings. The van der Waals surface area contributed by atoms with Crippen LogP contribution in [0.3, 0.4) is 0 Å². The molecule has 1 saturated heterocycles. The minimum Gasteiger partial charge on any atom is -0.383 e. The van der Waals surface area contributed by atoms with Crippen LogP contribution in [0.2, 0.25) is 0 Å². The number of methoxy groups -OCH3 is 1. The van der Waals surface area contributed by atoms with Gasteiger partial charge in [-0.3, -0.25) is 0 Å². The summed E-state index contributed by atoms with van der Waals surface area (Å²) < 4.78 is 11.7. The van der Waals surface area contributed by atoms with E-state index in [9.17, 15) is 0 Å². The molecule has 1 aliphatic rings. The Bertz CT molecular complexity index is 564. The summed E-state index contributed by atoms with van der Waals surface area (Å²) >= 11 is 0. The van der Waals surface area contributed by atoms with Crippen molar-refractivity contribution >= 4 is 5.71 Å². The lowest BCUT2D eigenvalue weighted by atomic mass is 9.71. The molecule has 1 heterocycles. The number of nitrogens with zero attached hydrogens (tertiary/aromatic N) is 1. The summed E-state index contributed by atoms with van der Waals surface area (Å²) in [5.41, 5.74) is 1.69. The van der Waals surface area contributed by atoms with Gasteiger partial charge in [0, 0.05) is 38.4 Å². The lowest BCUT2D eigenvalue weighted by Gasteiger charge is -2.43. The number of hydrogen-bond acceptors (Lipinski definition) is 5. The van der Waals surface area contributed by atoms with Crippen LogP contribution in [-0.2, 0) is 16.0 Å². The van der Waals surface area contributed by atoms with Crippen LogP contribution in [0.4, 0.5) is 0 Å². The molecule has 5 heteroatoms. The molecule has 0 aliphatic carbocycles. The molecule has 2 N–H and O–H groups in total. The van der Waals surface area contributed by atoms with Gasteiger partial charge in [-0.2, -0.15) is 0 Å². The zero-order chi connectivity index (χ0) is 19.2. The first-order chi connectivity index (χ1) is 12.4. The fraction of sp³-hybridized carbons (Fsp3) is 0.667. The topological polar surface area (TPSA) is 57.6 Å². The highest BCUT2D eigenvalue weighted by Gasteiger charge is 2.47. The lowest BCUT2D eigenvalue weighted by Crippen LogP contribution is -2.59. The van der Waals surface area contributed by atoms with Crippen LogP contribution in [-0.4, -0.2) is 63.2 Å². The predicted octanol–water partition coefficient (Wildman–Crippen LogP) is 2.80. The second-order valence-electron chi connectivity index (χ2n) is 7.85. The zero-order valence-corrected chi connectivity index (χ0v) is 16.9. The Labute approximate surface area is 158 Å². The minimum atomic E-state index is -0.304. The van der Waals surface area contributed by atoms with Gasteiger partial charge in [0.25, 0.3) is 0 Å². The molecule has 1 unspecified atom stereocenters. The van der Waals surface area contributed by atoms with Crippen molar-refractivity contribution in [2.75, 3.05) is 41.0 Å². The summed E-state index contributed by atoms with van der Waals surface area (Å²) in [6.45, 7) is 7.00. The van der Waals surface area contributed by atoms with Crippen molar-refractivity contribution in [3.05, 3.63) is 35.9 Å². The third-order valence-corrected chi connectivity index (χ3v) is 5.54. The van der Waals surface area contributed by atoms with Crippen molar-refractivity contribution in [1.82, 2.24) is 10.2 Å². The summed E-state index contributed by atoms with van der Waals surface area (Å²) in [4.78, 5) is 2.07. The molecule has 0 aromatic heterocycles. The summed E-state index contributed by atoms with van der Waals surface area (Å²) in [5.74, 6) is 0.300. The van der Waals surface area contributed by atoms with Crippen molar-refractivity contribution in [2.24, 2.45) is 11.8 Å². The van der Waals surface area contributed by atoms with E-state index in [0.717, 1.165) is 18.7 Å². The number of ether oxygens (including phenoxy) is 2. The minimum absolute atomic E-state index is 0.0612. The Morgan fingerprint density at radius 2 is 2.00 bits per heavy atom. The largest absolute Gasteiger partial charge is 0.383 e. The van der Waals surface area contributed by atoms with E-state index >= 15 is 0 Å². The Balaban J connectivity index is 2.33. The van der Waals surface area contributed by atoms with Crippen LogP contribution < -0.4 is 5.32 Å². The first-order valence-electron chi connectivity index (χ1n) is 9.51. The van der Waals surface area contributed by atoms with Crippen LogP contribution in [0.25, 0.3) is 0 Å².